The van der Waals surface area contributed by atoms with Crippen LogP contribution in [-0.4, -0.2) is 41.6 Å². The maximum Gasteiger partial charge on any atom is 0.323 e. The zero-order valence-corrected chi connectivity index (χ0v) is 10.8. The second-order valence-electron chi connectivity index (χ2n) is 5.04. The third kappa shape index (κ3) is 2.20. The maximum absolute atomic E-state index is 12.2. The summed E-state index contributed by atoms with van der Waals surface area (Å²) in [7, 11) is -3.68. The van der Waals surface area contributed by atoms with Gasteiger partial charge in [0.25, 0.3) is 0 Å². The first-order valence-corrected chi connectivity index (χ1v) is 7.68. The fourth-order valence-electron chi connectivity index (χ4n) is 3.05. The predicted octanol–water partition coefficient (Wildman–Crippen LogP) is 1.05. The molecule has 0 radical (unpaired) electrons. The van der Waals surface area contributed by atoms with Crippen LogP contribution < -0.4 is 0 Å². The van der Waals surface area contributed by atoms with Gasteiger partial charge in [-0.2, -0.15) is 4.31 Å². The van der Waals surface area contributed by atoms with Crippen molar-refractivity contribution in [3.63, 3.8) is 0 Å². The fraction of sp³-hybridized carbons (Fsp3) is 0.909. The molecular weight excluding hydrogens is 242 g/mol. The highest BCUT2D eigenvalue weighted by atomic mass is 32.2. The van der Waals surface area contributed by atoms with Crippen LogP contribution in [-0.2, 0) is 14.8 Å². The molecule has 17 heavy (non-hydrogen) atoms. The van der Waals surface area contributed by atoms with E-state index in [2.05, 4.69) is 0 Å². The van der Waals surface area contributed by atoms with Crippen molar-refractivity contribution in [2.45, 2.75) is 50.3 Å². The third-order valence-electron chi connectivity index (χ3n) is 4.06. The molecule has 2 rings (SSSR count). The fourth-order valence-corrected chi connectivity index (χ4v) is 4.75. The summed E-state index contributed by atoms with van der Waals surface area (Å²) < 4.78 is 25.9. The van der Waals surface area contributed by atoms with E-state index in [1.54, 1.807) is 0 Å². The van der Waals surface area contributed by atoms with Gasteiger partial charge in [0.05, 0.1) is 0 Å². The first-order valence-electron chi connectivity index (χ1n) is 6.18. The summed E-state index contributed by atoms with van der Waals surface area (Å²) in [5, 5.41) is 7.55. The lowest BCUT2D eigenvalue weighted by Crippen LogP contribution is -2.50. The number of sulfonamides is 1. The van der Waals surface area contributed by atoms with Crippen molar-refractivity contribution in [3.8, 4) is 0 Å². The van der Waals surface area contributed by atoms with Gasteiger partial charge in [0.1, 0.15) is 0 Å². The molecule has 2 aliphatic rings. The van der Waals surface area contributed by atoms with E-state index in [4.69, 9.17) is 5.11 Å². The molecule has 2 fully saturated rings. The number of nitrogens with zero attached hydrogens (tertiary/aromatic N) is 1. The molecule has 6 heteroatoms. The van der Waals surface area contributed by atoms with Crippen molar-refractivity contribution in [3.05, 3.63) is 0 Å². The molecule has 0 bridgehead atoms. The SMILES string of the molecule is CC(C(=O)O)S(=O)(=O)N1CCCC2CCCC21. The zero-order chi connectivity index (χ0) is 12.6. The van der Waals surface area contributed by atoms with E-state index in [1.165, 1.54) is 11.2 Å². The Hall–Kier alpha value is -0.620. The number of hydrogen-bond acceptors (Lipinski definition) is 3. The van der Waals surface area contributed by atoms with Crippen LogP contribution in [0.25, 0.3) is 0 Å². The molecule has 0 spiro atoms. The minimum atomic E-state index is -3.68. The lowest BCUT2D eigenvalue weighted by Gasteiger charge is -2.37. The van der Waals surface area contributed by atoms with Crippen molar-refractivity contribution in [2.24, 2.45) is 5.92 Å². The Balaban J connectivity index is 2.23. The highest BCUT2D eigenvalue weighted by molar-refractivity contribution is 7.90. The van der Waals surface area contributed by atoms with Gasteiger partial charge < -0.3 is 5.11 Å². The second-order valence-corrected chi connectivity index (χ2v) is 7.24. The molecule has 1 aliphatic carbocycles. The highest BCUT2D eigenvalue weighted by Gasteiger charge is 2.44. The standard InChI is InChI=1S/C11H19NO4S/c1-8(11(13)14)17(15,16)12-7-3-5-9-4-2-6-10(9)12/h8-10H,2-7H2,1H3,(H,13,14). The van der Waals surface area contributed by atoms with Crippen molar-refractivity contribution >= 4 is 16.0 Å². The molecular formula is C11H19NO4S. The topological polar surface area (TPSA) is 74.7 Å². The number of fused-ring (bicyclic) bond motifs is 1. The van der Waals surface area contributed by atoms with Gasteiger partial charge in [-0.25, -0.2) is 8.42 Å². The van der Waals surface area contributed by atoms with Gasteiger partial charge in [-0.1, -0.05) is 6.42 Å². The molecule has 1 N–H and O–H groups in total. The molecule has 0 aromatic carbocycles. The Morgan fingerprint density at radius 2 is 1.94 bits per heavy atom. The Morgan fingerprint density at radius 1 is 1.29 bits per heavy atom. The van der Waals surface area contributed by atoms with Crippen molar-refractivity contribution in [1.29, 1.82) is 0 Å². The number of carboxylic acid groups (broad SMARTS) is 1. The van der Waals surface area contributed by atoms with E-state index < -0.39 is 21.2 Å². The molecule has 98 valence electrons. The lowest BCUT2D eigenvalue weighted by atomic mass is 9.94. The Bertz CT molecular complexity index is 406. The first kappa shape index (κ1) is 12.8. The average molecular weight is 261 g/mol. The van der Waals surface area contributed by atoms with E-state index in [9.17, 15) is 13.2 Å². The molecule has 3 atom stereocenters. The van der Waals surface area contributed by atoms with Crippen LogP contribution in [0, 0.1) is 5.92 Å². The van der Waals surface area contributed by atoms with E-state index in [0.717, 1.165) is 32.1 Å². The first-order chi connectivity index (χ1) is 7.94. The summed E-state index contributed by atoms with van der Waals surface area (Å²) in [5.41, 5.74) is 0. The number of rotatable bonds is 3. The van der Waals surface area contributed by atoms with Gasteiger partial charge in [-0.15, -0.1) is 0 Å². The number of carbonyl (C=O) groups is 1. The van der Waals surface area contributed by atoms with Gasteiger partial charge >= 0.3 is 5.97 Å². The number of piperidine rings is 1. The van der Waals surface area contributed by atoms with Crippen LogP contribution in [0.4, 0.5) is 0 Å². The Labute approximate surface area is 102 Å². The van der Waals surface area contributed by atoms with Gasteiger partial charge in [-0.3, -0.25) is 4.79 Å². The van der Waals surface area contributed by atoms with Crippen molar-refractivity contribution in [2.75, 3.05) is 6.54 Å². The number of carboxylic acids is 1. The molecule has 0 amide bonds. The molecule has 0 aromatic rings. The minimum absolute atomic E-state index is 0.0514. The smallest absolute Gasteiger partial charge is 0.323 e. The Morgan fingerprint density at radius 3 is 2.59 bits per heavy atom. The monoisotopic (exact) mass is 261 g/mol. The van der Waals surface area contributed by atoms with E-state index in [-0.39, 0.29) is 6.04 Å². The largest absolute Gasteiger partial charge is 0.480 e. The van der Waals surface area contributed by atoms with E-state index in [1.807, 2.05) is 0 Å². The quantitative estimate of drug-likeness (QED) is 0.824. The maximum atomic E-state index is 12.2. The van der Waals surface area contributed by atoms with E-state index >= 15 is 0 Å². The zero-order valence-electron chi connectivity index (χ0n) is 10.0. The lowest BCUT2D eigenvalue weighted by molar-refractivity contribution is -0.136. The van der Waals surface area contributed by atoms with Crippen LogP contribution in [0.3, 0.4) is 0 Å². The molecule has 5 nitrogen and oxygen atoms in total. The molecule has 1 aliphatic heterocycles. The van der Waals surface area contributed by atoms with Crippen LogP contribution in [0.15, 0.2) is 0 Å². The normalized spacial score (nSPS) is 32.1. The minimum Gasteiger partial charge on any atom is -0.480 e. The van der Waals surface area contributed by atoms with Crippen molar-refractivity contribution < 1.29 is 18.3 Å². The van der Waals surface area contributed by atoms with Crippen LogP contribution in [0.5, 0.6) is 0 Å². The Kier molecular flexibility index (Phi) is 3.45. The summed E-state index contributed by atoms with van der Waals surface area (Å²) in [5.74, 6) is -0.815. The van der Waals surface area contributed by atoms with Gasteiger partial charge in [-0.05, 0) is 38.5 Å². The summed E-state index contributed by atoms with van der Waals surface area (Å²) in [6.45, 7) is 1.75. The summed E-state index contributed by atoms with van der Waals surface area (Å²) >= 11 is 0. The summed E-state index contributed by atoms with van der Waals surface area (Å²) in [6.07, 6.45) is 4.96. The number of aliphatic carboxylic acids is 1. The van der Waals surface area contributed by atoms with Gasteiger partial charge in [0, 0.05) is 12.6 Å². The van der Waals surface area contributed by atoms with Crippen LogP contribution in [0.1, 0.15) is 39.0 Å². The van der Waals surface area contributed by atoms with Crippen molar-refractivity contribution in [1.82, 2.24) is 4.31 Å². The van der Waals surface area contributed by atoms with E-state index in [0.29, 0.717) is 12.5 Å². The highest BCUT2D eigenvalue weighted by Crippen LogP contribution is 2.38. The van der Waals surface area contributed by atoms with Crippen LogP contribution in [0.2, 0.25) is 0 Å². The molecule has 3 unspecified atom stereocenters. The molecule has 1 saturated heterocycles. The molecule has 0 aromatic heterocycles. The summed E-state index contributed by atoms with van der Waals surface area (Å²) in [6, 6.07) is 0.0514. The summed E-state index contributed by atoms with van der Waals surface area (Å²) in [4.78, 5) is 10.9. The molecule has 1 saturated carbocycles. The van der Waals surface area contributed by atoms with Gasteiger partial charge in [0.2, 0.25) is 10.0 Å². The van der Waals surface area contributed by atoms with Gasteiger partial charge in [0.15, 0.2) is 5.25 Å². The number of hydrogen-bond donors (Lipinski definition) is 1. The predicted molar refractivity (Wildman–Crippen MR) is 63.1 cm³/mol. The second kappa shape index (κ2) is 4.57. The van der Waals surface area contributed by atoms with Crippen LogP contribution >= 0.6 is 0 Å². The average Bonchev–Trinajstić information content (AvgIpc) is 2.75. The molecule has 1 heterocycles. The third-order valence-corrected chi connectivity index (χ3v) is 6.27.